The quantitative estimate of drug-likeness (QED) is 0.659. The summed E-state index contributed by atoms with van der Waals surface area (Å²) in [6.45, 7) is 2.22. The number of halogens is 1. The summed E-state index contributed by atoms with van der Waals surface area (Å²) in [7, 11) is 0. The first-order valence-electron chi connectivity index (χ1n) is 6.21. The summed E-state index contributed by atoms with van der Waals surface area (Å²) in [6, 6.07) is 6.75. The van der Waals surface area contributed by atoms with Gasteiger partial charge in [0.1, 0.15) is 5.82 Å². The third-order valence-electron chi connectivity index (χ3n) is 3.23. The predicted molar refractivity (Wildman–Crippen MR) is 79.2 cm³/mol. The van der Waals surface area contributed by atoms with E-state index >= 15 is 0 Å². The molecule has 1 saturated heterocycles. The van der Waals surface area contributed by atoms with Gasteiger partial charge in [0.25, 0.3) is 0 Å². The predicted octanol–water partition coefficient (Wildman–Crippen LogP) is 2.96. The summed E-state index contributed by atoms with van der Waals surface area (Å²) in [5.41, 5.74) is 3.98. The highest BCUT2D eigenvalue weighted by Crippen LogP contribution is 2.39. The zero-order chi connectivity index (χ0) is 13.0. The molecule has 1 aromatic carbocycles. The van der Waals surface area contributed by atoms with Gasteiger partial charge in [0, 0.05) is 22.0 Å². The summed E-state index contributed by atoms with van der Waals surface area (Å²) in [5, 5.41) is 1.05. The zero-order valence-corrected chi connectivity index (χ0v) is 12.1. The van der Waals surface area contributed by atoms with Crippen molar-refractivity contribution in [3.8, 4) is 0 Å². The molecule has 1 aliphatic rings. The van der Waals surface area contributed by atoms with Gasteiger partial charge < -0.3 is 0 Å². The van der Waals surface area contributed by atoms with Crippen molar-refractivity contribution in [2.75, 3.05) is 11.5 Å². The Morgan fingerprint density at radius 3 is 2.61 bits per heavy atom. The van der Waals surface area contributed by atoms with E-state index < -0.39 is 0 Å². The highest BCUT2D eigenvalue weighted by Gasteiger charge is 2.32. The summed E-state index contributed by atoms with van der Waals surface area (Å²) < 4.78 is 13.0. The summed E-state index contributed by atoms with van der Waals surface area (Å²) in [6.07, 6.45) is 1.14. The molecular formula is C13H19FN2S2. The van der Waals surface area contributed by atoms with E-state index in [1.807, 2.05) is 35.7 Å². The van der Waals surface area contributed by atoms with Crippen molar-refractivity contribution in [1.29, 1.82) is 0 Å². The second kappa shape index (κ2) is 6.80. The topological polar surface area (TPSA) is 38.0 Å². The van der Waals surface area contributed by atoms with Gasteiger partial charge in [0.15, 0.2) is 0 Å². The van der Waals surface area contributed by atoms with E-state index in [1.54, 1.807) is 0 Å². The molecular weight excluding hydrogens is 267 g/mol. The highest BCUT2D eigenvalue weighted by molar-refractivity contribution is 8.07. The monoisotopic (exact) mass is 286 g/mol. The molecule has 18 heavy (non-hydrogen) atoms. The minimum atomic E-state index is -0.202. The normalized spacial score (nSPS) is 25.9. The Bertz CT molecular complexity index is 372. The van der Waals surface area contributed by atoms with E-state index in [-0.39, 0.29) is 11.9 Å². The fourth-order valence-corrected chi connectivity index (χ4v) is 5.53. The molecule has 0 spiro atoms. The van der Waals surface area contributed by atoms with Gasteiger partial charge in [-0.05, 0) is 24.1 Å². The van der Waals surface area contributed by atoms with Crippen molar-refractivity contribution in [2.45, 2.75) is 29.9 Å². The largest absolute Gasteiger partial charge is 0.271 e. The number of nitrogens with two attached hydrogens (primary N) is 1. The Labute approximate surface area is 116 Å². The van der Waals surface area contributed by atoms with Crippen LogP contribution in [-0.2, 0) is 0 Å². The highest BCUT2D eigenvalue weighted by atomic mass is 32.2. The fraction of sp³-hybridized carbons (Fsp3) is 0.538. The smallest absolute Gasteiger partial charge is 0.123 e. The summed E-state index contributed by atoms with van der Waals surface area (Å²) >= 11 is 3.99. The van der Waals surface area contributed by atoms with Crippen LogP contribution in [0.4, 0.5) is 4.39 Å². The van der Waals surface area contributed by atoms with Crippen LogP contribution in [0.1, 0.15) is 24.9 Å². The number of hydrogen-bond donors (Lipinski definition) is 2. The maximum atomic E-state index is 13.0. The standard InChI is InChI=1S/C13H19FN2S2/c1-2-11-13(18-8-7-17-11)12(16-15)9-3-5-10(14)6-4-9/h3-6,11-13,16H,2,7-8,15H2,1H3. The molecule has 1 fully saturated rings. The lowest BCUT2D eigenvalue weighted by Crippen LogP contribution is -2.41. The maximum absolute atomic E-state index is 13.0. The summed E-state index contributed by atoms with van der Waals surface area (Å²) in [4.78, 5) is 0. The Kier molecular flexibility index (Phi) is 5.36. The Hall–Kier alpha value is -0.230. The molecule has 5 heteroatoms. The van der Waals surface area contributed by atoms with E-state index in [0.717, 1.165) is 17.7 Å². The van der Waals surface area contributed by atoms with Crippen LogP contribution in [0.5, 0.6) is 0 Å². The molecule has 0 radical (unpaired) electrons. The Morgan fingerprint density at radius 2 is 2.00 bits per heavy atom. The number of nitrogens with one attached hydrogen (secondary N) is 1. The molecule has 2 rings (SSSR count). The van der Waals surface area contributed by atoms with Crippen LogP contribution in [-0.4, -0.2) is 22.0 Å². The van der Waals surface area contributed by atoms with Crippen LogP contribution in [0, 0.1) is 5.82 Å². The second-order valence-electron chi connectivity index (χ2n) is 4.35. The molecule has 0 saturated carbocycles. The lowest BCUT2D eigenvalue weighted by Gasteiger charge is -2.35. The molecule has 100 valence electrons. The van der Waals surface area contributed by atoms with E-state index in [2.05, 4.69) is 12.3 Å². The van der Waals surface area contributed by atoms with Gasteiger partial charge in [-0.2, -0.15) is 23.5 Å². The Balaban J connectivity index is 2.18. The third-order valence-corrected chi connectivity index (χ3v) is 6.58. The number of thioether (sulfide) groups is 2. The number of benzene rings is 1. The number of hydrazine groups is 1. The van der Waals surface area contributed by atoms with Crippen molar-refractivity contribution in [3.05, 3.63) is 35.6 Å². The number of hydrogen-bond acceptors (Lipinski definition) is 4. The second-order valence-corrected chi connectivity index (χ2v) is 6.98. The van der Waals surface area contributed by atoms with Gasteiger partial charge in [-0.3, -0.25) is 11.3 Å². The average Bonchev–Trinajstić information content (AvgIpc) is 2.42. The fourth-order valence-electron chi connectivity index (χ4n) is 2.30. The molecule has 1 heterocycles. The first-order valence-corrected chi connectivity index (χ1v) is 8.30. The van der Waals surface area contributed by atoms with E-state index in [0.29, 0.717) is 10.5 Å². The van der Waals surface area contributed by atoms with Crippen molar-refractivity contribution >= 4 is 23.5 Å². The van der Waals surface area contributed by atoms with Crippen molar-refractivity contribution in [1.82, 2.24) is 5.43 Å². The lowest BCUT2D eigenvalue weighted by atomic mass is 10.0. The van der Waals surface area contributed by atoms with Crippen LogP contribution in [0.15, 0.2) is 24.3 Å². The van der Waals surface area contributed by atoms with E-state index in [4.69, 9.17) is 5.84 Å². The van der Waals surface area contributed by atoms with Gasteiger partial charge >= 0.3 is 0 Å². The minimum absolute atomic E-state index is 0.0911. The number of rotatable bonds is 4. The van der Waals surface area contributed by atoms with E-state index in [9.17, 15) is 4.39 Å². The Morgan fingerprint density at radius 1 is 1.33 bits per heavy atom. The van der Waals surface area contributed by atoms with Crippen LogP contribution < -0.4 is 11.3 Å². The average molecular weight is 286 g/mol. The van der Waals surface area contributed by atoms with Crippen molar-refractivity contribution in [2.24, 2.45) is 5.84 Å². The van der Waals surface area contributed by atoms with Crippen LogP contribution in [0.3, 0.4) is 0 Å². The third kappa shape index (κ3) is 3.20. The first-order chi connectivity index (χ1) is 8.76. The van der Waals surface area contributed by atoms with E-state index in [1.165, 1.54) is 17.9 Å². The molecule has 2 nitrogen and oxygen atoms in total. The van der Waals surface area contributed by atoms with Crippen LogP contribution in [0.25, 0.3) is 0 Å². The zero-order valence-electron chi connectivity index (χ0n) is 10.4. The van der Waals surface area contributed by atoms with Gasteiger partial charge in [0.05, 0.1) is 6.04 Å². The molecule has 3 N–H and O–H groups in total. The van der Waals surface area contributed by atoms with Crippen LogP contribution in [0.2, 0.25) is 0 Å². The molecule has 3 atom stereocenters. The molecule has 3 unspecified atom stereocenters. The molecule has 1 aromatic rings. The lowest BCUT2D eigenvalue weighted by molar-refractivity contribution is 0.512. The van der Waals surface area contributed by atoms with Gasteiger partial charge in [-0.1, -0.05) is 19.1 Å². The minimum Gasteiger partial charge on any atom is -0.271 e. The molecule has 1 aliphatic heterocycles. The SMILES string of the molecule is CCC1SCCSC1C(NN)c1ccc(F)cc1. The molecule has 0 aliphatic carbocycles. The van der Waals surface area contributed by atoms with Gasteiger partial charge in [0.2, 0.25) is 0 Å². The molecule has 0 bridgehead atoms. The van der Waals surface area contributed by atoms with Crippen LogP contribution >= 0.6 is 23.5 Å². The van der Waals surface area contributed by atoms with Gasteiger partial charge in [-0.15, -0.1) is 0 Å². The summed E-state index contributed by atoms with van der Waals surface area (Å²) in [5.74, 6) is 7.89. The van der Waals surface area contributed by atoms with Gasteiger partial charge in [-0.25, -0.2) is 4.39 Å². The maximum Gasteiger partial charge on any atom is 0.123 e. The molecule has 0 amide bonds. The van der Waals surface area contributed by atoms with Crippen molar-refractivity contribution in [3.63, 3.8) is 0 Å². The first kappa shape index (κ1) is 14.2. The van der Waals surface area contributed by atoms with Crippen molar-refractivity contribution < 1.29 is 4.39 Å². The molecule has 0 aromatic heterocycles.